The van der Waals surface area contributed by atoms with Gasteiger partial charge >= 0.3 is 0 Å². The number of methoxy groups -OCH3 is 1. The maximum absolute atomic E-state index is 11.2. The van der Waals surface area contributed by atoms with Gasteiger partial charge in [-0.25, -0.2) is 4.98 Å². The quantitative estimate of drug-likeness (QED) is 0.660. The molecule has 0 aliphatic carbocycles. The molecule has 12 heavy (non-hydrogen) atoms. The maximum Gasteiger partial charge on any atom is 0.294 e. The summed E-state index contributed by atoms with van der Waals surface area (Å²) in [6.07, 6.45) is 0. The predicted octanol–water partition coefficient (Wildman–Crippen LogP) is 0.129. The molecule has 0 radical (unpaired) electrons. The van der Waals surface area contributed by atoms with Crippen LogP contribution in [-0.2, 0) is 0 Å². The number of hydrogen-bond acceptors (Lipinski definition) is 4. The van der Waals surface area contributed by atoms with Crippen molar-refractivity contribution >= 4 is 5.95 Å². The SMILES string of the molecule is CNc1nc(C)c(OC)c(=O)[nH]1. The summed E-state index contributed by atoms with van der Waals surface area (Å²) in [5, 5.41) is 2.74. The summed E-state index contributed by atoms with van der Waals surface area (Å²) in [5.74, 6) is 0.701. The molecule has 0 spiro atoms. The molecule has 1 heterocycles. The van der Waals surface area contributed by atoms with Crippen molar-refractivity contribution in [2.45, 2.75) is 6.92 Å². The van der Waals surface area contributed by atoms with Gasteiger partial charge in [-0.2, -0.15) is 0 Å². The van der Waals surface area contributed by atoms with Crippen LogP contribution in [0.15, 0.2) is 4.79 Å². The molecular weight excluding hydrogens is 158 g/mol. The van der Waals surface area contributed by atoms with Crippen LogP contribution in [0, 0.1) is 6.92 Å². The van der Waals surface area contributed by atoms with E-state index in [1.54, 1.807) is 14.0 Å². The van der Waals surface area contributed by atoms with Gasteiger partial charge in [-0.3, -0.25) is 9.78 Å². The van der Waals surface area contributed by atoms with E-state index in [9.17, 15) is 4.79 Å². The van der Waals surface area contributed by atoms with Crippen molar-refractivity contribution in [1.29, 1.82) is 0 Å². The molecule has 1 aromatic heterocycles. The van der Waals surface area contributed by atoms with Crippen LogP contribution < -0.4 is 15.6 Å². The van der Waals surface area contributed by atoms with Gasteiger partial charge in [0.15, 0.2) is 0 Å². The Morgan fingerprint density at radius 1 is 1.58 bits per heavy atom. The van der Waals surface area contributed by atoms with Gasteiger partial charge in [0.25, 0.3) is 5.56 Å². The lowest BCUT2D eigenvalue weighted by molar-refractivity contribution is 0.402. The van der Waals surface area contributed by atoms with E-state index in [2.05, 4.69) is 15.3 Å². The summed E-state index contributed by atoms with van der Waals surface area (Å²) in [6, 6.07) is 0. The van der Waals surface area contributed by atoms with Crippen LogP contribution >= 0.6 is 0 Å². The molecule has 2 N–H and O–H groups in total. The summed E-state index contributed by atoms with van der Waals surface area (Å²) < 4.78 is 4.84. The Kier molecular flexibility index (Phi) is 2.32. The smallest absolute Gasteiger partial charge is 0.294 e. The largest absolute Gasteiger partial charge is 0.490 e. The highest BCUT2D eigenvalue weighted by Crippen LogP contribution is 2.08. The molecule has 0 fully saturated rings. The van der Waals surface area contributed by atoms with Crippen molar-refractivity contribution in [3.8, 4) is 5.75 Å². The molecule has 0 unspecified atom stereocenters. The Labute approximate surface area is 69.8 Å². The highest BCUT2D eigenvalue weighted by Gasteiger charge is 2.05. The standard InChI is InChI=1S/C7H11N3O2/c1-4-5(12-3)6(11)10-7(8-2)9-4/h1-3H3,(H2,8,9,10,11). The number of ether oxygens (including phenoxy) is 1. The number of aromatic nitrogens is 2. The van der Waals surface area contributed by atoms with E-state index in [0.717, 1.165) is 0 Å². The first-order valence-electron chi connectivity index (χ1n) is 3.51. The van der Waals surface area contributed by atoms with E-state index in [1.165, 1.54) is 7.11 Å². The van der Waals surface area contributed by atoms with Crippen molar-refractivity contribution in [2.24, 2.45) is 0 Å². The number of nitrogens with zero attached hydrogens (tertiary/aromatic N) is 1. The van der Waals surface area contributed by atoms with Gasteiger partial charge in [0.1, 0.15) is 0 Å². The number of rotatable bonds is 2. The zero-order valence-corrected chi connectivity index (χ0v) is 7.26. The monoisotopic (exact) mass is 169 g/mol. The molecule has 5 heteroatoms. The molecule has 0 amide bonds. The van der Waals surface area contributed by atoms with Crippen LogP contribution in [0.5, 0.6) is 5.75 Å². The lowest BCUT2D eigenvalue weighted by Crippen LogP contribution is -2.14. The number of aromatic amines is 1. The normalized spacial score (nSPS) is 9.58. The van der Waals surface area contributed by atoms with Crippen molar-refractivity contribution < 1.29 is 4.74 Å². The number of aryl methyl sites for hydroxylation is 1. The lowest BCUT2D eigenvalue weighted by Gasteiger charge is -2.04. The molecule has 0 aliphatic heterocycles. The van der Waals surface area contributed by atoms with Gasteiger partial charge in [-0.1, -0.05) is 0 Å². The van der Waals surface area contributed by atoms with Gasteiger partial charge in [0.05, 0.1) is 12.8 Å². The van der Waals surface area contributed by atoms with E-state index < -0.39 is 0 Å². The minimum absolute atomic E-state index is 0.258. The summed E-state index contributed by atoms with van der Waals surface area (Å²) in [5.41, 5.74) is 0.306. The first-order valence-corrected chi connectivity index (χ1v) is 3.51. The second-order valence-electron chi connectivity index (χ2n) is 2.28. The predicted molar refractivity (Wildman–Crippen MR) is 45.7 cm³/mol. The third-order valence-electron chi connectivity index (χ3n) is 1.49. The van der Waals surface area contributed by atoms with E-state index in [4.69, 9.17) is 4.74 Å². The average molecular weight is 169 g/mol. The van der Waals surface area contributed by atoms with Gasteiger partial charge in [-0.15, -0.1) is 0 Å². The first-order chi connectivity index (χ1) is 5.69. The fourth-order valence-electron chi connectivity index (χ4n) is 0.934. The highest BCUT2D eigenvalue weighted by molar-refractivity contribution is 5.31. The topological polar surface area (TPSA) is 67.0 Å². The molecule has 66 valence electrons. The Morgan fingerprint density at radius 3 is 2.67 bits per heavy atom. The van der Waals surface area contributed by atoms with Crippen LogP contribution in [0.25, 0.3) is 0 Å². The molecule has 0 saturated carbocycles. The van der Waals surface area contributed by atoms with Crippen molar-refractivity contribution in [2.75, 3.05) is 19.5 Å². The molecular formula is C7H11N3O2. The number of nitrogens with one attached hydrogen (secondary N) is 2. The Bertz CT molecular complexity index is 332. The second-order valence-corrected chi connectivity index (χ2v) is 2.28. The fraction of sp³-hybridized carbons (Fsp3) is 0.429. The second kappa shape index (κ2) is 3.25. The summed E-state index contributed by atoms with van der Waals surface area (Å²) in [4.78, 5) is 17.7. The first kappa shape index (κ1) is 8.58. The zero-order valence-electron chi connectivity index (χ0n) is 7.26. The van der Waals surface area contributed by atoms with Crippen molar-refractivity contribution in [1.82, 2.24) is 9.97 Å². The van der Waals surface area contributed by atoms with Crippen LogP contribution in [0.3, 0.4) is 0 Å². The van der Waals surface area contributed by atoms with Crippen LogP contribution in [-0.4, -0.2) is 24.1 Å². The minimum Gasteiger partial charge on any atom is -0.490 e. The highest BCUT2D eigenvalue weighted by atomic mass is 16.5. The van der Waals surface area contributed by atoms with E-state index >= 15 is 0 Å². The van der Waals surface area contributed by atoms with Crippen molar-refractivity contribution in [3.05, 3.63) is 16.0 Å². The molecule has 1 rings (SSSR count). The number of hydrogen-bond donors (Lipinski definition) is 2. The average Bonchev–Trinajstić information content (AvgIpc) is 2.03. The maximum atomic E-state index is 11.2. The van der Waals surface area contributed by atoms with E-state index in [0.29, 0.717) is 11.6 Å². The fourth-order valence-corrected chi connectivity index (χ4v) is 0.934. The Morgan fingerprint density at radius 2 is 2.25 bits per heavy atom. The minimum atomic E-state index is -0.269. The number of H-pyrrole nitrogens is 1. The summed E-state index contributed by atoms with van der Waals surface area (Å²) >= 11 is 0. The Hall–Kier alpha value is -1.52. The molecule has 0 aromatic carbocycles. The number of anilines is 1. The molecule has 0 atom stereocenters. The van der Waals surface area contributed by atoms with E-state index in [-0.39, 0.29) is 11.3 Å². The summed E-state index contributed by atoms with van der Waals surface area (Å²) in [7, 11) is 3.13. The van der Waals surface area contributed by atoms with Crippen LogP contribution in [0.1, 0.15) is 5.69 Å². The van der Waals surface area contributed by atoms with Gasteiger partial charge < -0.3 is 10.1 Å². The lowest BCUT2D eigenvalue weighted by atomic mass is 10.4. The van der Waals surface area contributed by atoms with Crippen molar-refractivity contribution in [3.63, 3.8) is 0 Å². The van der Waals surface area contributed by atoms with Gasteiger partial charge in [0.2, 0.25) is 11.7 Å². The van der Waals surface area contributed by atoms with Crippen LogP contribution in [0.4, 0.5) is 5.95 Å². The van der Waals surface area contributed by atoms with Gasteiger partial charge in [0, 0.05) is 7.05 Å². The van der Waals surface area contributed by atoms with E-state index in [1.807, 2.05) is 0 Å². The molecule has 5 nitrogen and oxygen atoms in total. The molecule has 0 aliphatic rings. The third-order valence-corrected chi connectivity index (χ3v) is 1.49. The third kappa shape index (κ3) is 1.39. The zero-order chi connectivity index (χ0) is 9.14. The molecule has 0 bridgehead atoms. The molecule has 1 aromatic rings. The van der Waals surface area contributed by atoms with Crippen LogP contribution in [0.2, 0.25) is 0 Å². The molecule has 0 saturated heterocycles. The Balaban J connectivity index is 3.28. The summed E-state index contributed by atoms with van der Waals surface area (Å²) in [6.45, 7) is 1.72. The van der Waals surface area contributed by atoms with Gasteiger partial charge in [-0.05, 0) is 6.92 Å².